The lowest BCUT2D eigenvalue weighted by atomic mass is 9.64. The molecule has 0 aromatic carbocycles. The summed E-state index contributed by atoms with van der Waals surface area (Å²) in [5.41, 5.74) is 2.09. The van der Waals surface area contributed by atoms with E-state index in [2.05, 4.69) is 43.3 Å². The van der Waals surface area contributed by atoms with Crippen molar-refractivity contribution in [3.05, 3.63) is 12.2 Å². The van der Waals surface area contributed by atoms with Crippen molar-refractivity contribution in [1.82, 2.24) is 0 Å². The molecule has 0 amide bonds. The monoisotopic (exact) mass is 282 g/mol. The molecule has 16 heavy (non-hydrogen) atoms. The van der Waals surface area contributed by atoms with Gasteiger partial charge >= 0.3 is 0 Å². The highest BCUT2D eigenvalue weighted by Gasteiger charge is 2.68. The Bertz CT molecular complexity index is 332. The third kappa shape index (κ3) is 1.27. The first-order valence-corrected chi connectivity index (χ1v) is 7.70. The Morgan fingerprint density at radius 3 is 2.75 bits per heavy atom. The number of rotatable bonds is 1. The Labute approximate surface area is 108 Å². The first-order valence-electron chi connectivity index (χ1n) is 6.78. The van der Waals surface area contributed by atoms with E-state index in [9.17, 15) is 0 Å². The van der Waals surface area contributed by atoms with Crippen molar-refractivity contribution in [1.29, 1.82) is 0 Å². The van der Waals surface area contributed by atoms with E-state index in [0.717, 1.165) is 34.4 Å². The summed E-state index contributed by atoms with van der Waals surface area (Å²) < 4.78 is 0. The summed E-state index contributed by atoms with van der Waals surface area (Å²) in [6.45, 7) is 11.7. The second-order valence-corrected chi connectivity index (χ2v) is 8.02. The molecule has 0 heterocycles. The predicted octanol–water partition coefficient (Wildman–Crippen LogP) is 4.64. The van der Waals surface area contributed by atoms with Crippen LogP contribution in [0, 0.1) is 35.0 Å². The van der Waals surface area contributed by atoms with E-state index in [1.807, 2.05) is 0 Å². The Balaban J connectivity index is 1.89. The molecule has 3 aliphatic rings. The lowest BCUT2D eigenvalue weighted by Gasteiger charge is -2.45. The minimum Gasteiger partial charge on any atom is -0.0995 e. The number of allylic oxidation sites excluding steroid dienone is 1. The number of halogens is 1. The normalized spacial score (nSPS) is 55.1. The van der Waals surface area contributed by atoms with Gasteiger partial charge in [-0.25, -0.2) is 0 Å². The number of hydrogen-bond donors (Lipinski definition) is 0. The van der Waals surface area contributed by atoms with Crippen LogP contribution >= 0.6 is 15.9 Å². The Kier molecular flexibility index (Phi) is 2.38. The molecule has 0 aromatic heterocycles. The van der Waals surface area contributed by atoms with Crippen molar-refractivity contribution in [2.45, 2.75) is 44.9 Å². The predicted molar refractivity (Wildman–Crippen MR) is 72.6 cm³/mol. The molecule has 3 rings (SSSR count). The van der Waals surface area contributed by atoms with E-state index in [4.69, 9.17) is 0 Å². The third-order valence-corrected chi connectivity index (χ3v) is 7.21. The van der Waals surface area contributed by atoms with Gasteiger partial charge in [0.05, 0.1) is 0 Å². The summed E-state index contributed by atoms with van der Waals surface area (Å²) >= 11 is 3.94. The highest BCUT2D eigenvalue weighted by atomic mass is 79.9. The lowest BCUT2D eigenvalue weighted by molar-refractivity contribution is 0.160. The zero-order valence-corrected chi connectivity index (χ0v) is 12.3. The van der Waals surface area contributed by atoms with Crippen LogP contribution in [0.4, 0.5) is 0 Å². The maximum Gasteiger partial charge on any atom is 0.0208 e. The molecule has 0 spiro atoms. The van der Waals surface area contributed by atoms with Crippen LogP contribution in [0.1, 0.15) is 40.0 Å². The molecule has 0 radical (unpaired) electrons. The van der Waals surface area contributed by atoms with Gasteiger partial charge in [-0.1, -0.05) is 48.9 Å². The van der Waals surface area contributed by atoms with E-state index in [1.54, 1.807) is 5.57 Å². The smallest absolute Gasteiger partial charge is 0.0208 e. The number of fused-ring (bicyclic) bond motifs is 3. The molecule has 0 nitrogen and oxygen atoms in total. The maximum atomic E-state index is 4.39. The molecule has 6 atom stereocenters. The summed E-state index contributed by atoms with van der Waals surface area (Å²) in [7, 11) is 0. The van der Waals surface area contributed by atoms with Gasteiger partial charge in [-0.2, -0.15) is 0 Å². The Morgan fingerprint density at radius 1 is 1.44 bits per heavy atom. The van der Waals surface area contributed by atoms with Crippen molar-refractivity contribution in [2.75, 3.05) is 0 Å². The first-order chi connectivity index (χ1) is 7.47. The summed E-state index contributed by atoms with van der Waals surface area (Å²) in [6, 6.07) is 0. The van der Waals surface area contributed by atoms with Crippen LogP contribution in [0.3, 0.4) is 0 Å². The van der Waals surface area contributed by atoms with Gasteiger partial charge in [0.25, 0.3) is 0 Å². The zero-order chi connectivity index (χ0) is 11.7. The third-order valence-electron chi connectivity index (χ3n) is 5.71. The number of hydrogen-bond acceptors (Lipinski definition) is 0. The second kappa shape index (κ2) is 3.37. The minimum absolute atomic E-state index is 0.524. The van der Waals surface area contributed by atoms with Crippen molar-refractivity contribution < 1.29 is 0 Å². The SMILES string of the molecule is C=C1CC[C@@H](Br)[C@]2(C)C[C@@H]3[C@@H](C(C)C)[C@@H]3[C@@H]12. The topological polar surface area (TPSA) is 0 Å². The molecule has 0 bridgehead atoms. The highest BCUT2D eigenvalue weighted by Crippen LogP contribution is 2.73. The van der Waals surface area contributed by atoms with E-state index < -0.39 is 0 Å². The fourth-order valence-corrected chi connectivity index (χ4v) is 5.74. The fraction of sp³-hybridized carbons (Fsp3) is 0.867. The molecule has 0 unspecified atom stereocenters. The van der Waals surface area contributed by atoms with Crippen molar-refractivity contribution in [3.8, 4) is 0 Å². The largest absolute Gasteiger partial charge is 0.0995 e. The van der Waals surface area contributed by atoms with Gasteiger partial charge in [0.1, 0.15) is 0 Å². The highest BCUT2D eigenvalue weighted by molar-refractivity contribution is 9.09. The quantitative estimate of drug-likeness (QED) is 0.485. The molecular formula is C15H23Br. The average molecular weight is 283 g/mol. The van der Waals surface area contributed by atoms with Gasteiger partial charge in [0.15, 0.2) is 0 Å². The summed E-state index contributed by atoms with van der Waals surface area (Å²) in [4.78, 5) is 0.733. The summed E-state index contributed by atoms with van der Waals surface area (Å²) in [5, 5.41) is 0. The standard InChI is InChI=1S/C15H23Br/c1-8(2)12-10-7-15(4)11(16)6-5-9(3)14(15)13(10)12/h8,10-14H,3,5-7H2,1-2,4H3/t10-,11-,12-,13-,14-,15+/m1/s1. The van der Waals surface area contributed by atoms with Crippen LogP contribution < -0.4 is 0 Å². The summed E-state index contributed by atoms with van der Waals surface area (Å²) in [5.74, 6) is 4.71. The lowest BCUT2D eigenvalue weighted by Crippen LogP contribution is -2.40. The fourth-order valence-electron chi connectivity index (χ4n) is 5.04. The molecule has 0 aliphatic heterocycles. The Hall–Kier alpha value is 0.220. The molecule has 90 valence electrons. The van der Waals surface area contributed by atoms with Crippen LogP contribution in [0.5, 0.6) is 0 Å². The van der Waals surface area contributed by atoms with Crippen LogP contribution in [-0.2, 0) is 0 Å². The van der Waals surface area contributed by atoms with Gasteiger partial charge < -0.3 is 0 Å². The van der Waals surface area contributed by atoms with Crippen LogP contribution in [0.15, 0.2) is 12.2 Å². The molecule has 1 heteroatoms. The minimum atomic E-state index is 0.524. The van der Waals surface area contributed by atoms with Gasteiger partial charge in [-0.3, -0.25) is 0 Å². The molecule has 0 N–H and O–H groups in total. The molecule has 3 fully saturated rings. The van der Waals surface area contributed by atoms with Crippen molar-refractivity contribution >= 4 is 15.9 Å². The van der Waals surface area contributed by atoms with Gasteiger partial charge in [-0.15, -0.1) is 0 Å². The molecule has 3 aliphatic carbocycles. The zero-order valence-electron chi connectivity index (χ0n) is 10.7. The molecular weight excluding hydrogens is 260 g/mol. The van der Waals surface area contributed by atoms with E-state index in [-0.39, 0.29) is 0 Å². The van der Waals surface area contributed by atoms with Gasteiger partial charge in [0, 0.05) is 4.83 Å². The van der Waals surface area contributed by atoms with E-state index >= 15 is 0 Å². The van der Waals surface area contributed by atoms with Gasteiger partial charge in [-0.05, 0) is 54.3 Å². The molecule has 0 saturated heterocycles. The van der Waals surface area contributed by atoms with E-state index in [1.165, 1.54) is 19.3 Å². The van der Waals surface area contributed by atoms with Crippen molar-refractivity contribution in [2.24, 2.45) is 35.0 Å². The second-order valence-electron chi connectivity index (χ2n) is 6.91. The Morgan fingerprint density at radius 2 is 2.12 bits per heavy atom. The molecule has 0 aromatic rings. The van der Waals surface area contributed by atoms with Crippen LogP contribution in [0.2, 0.25) is 0 Å². The van der Waals surface area contributed by atoms with E-state index in [0.29, 0.717) is 5.41 Å². The average Bonchev–Trinajstić information content (AvgIpc) is 2.78. The number of alkyl halides is 1. The van der Waals surface area contributed by atoms with Crippen molar-refractivity contribution in [3.63, 3.8) is 0 Å². The molecule has 3 saturated carbocycles. The maximum absolute atomic E-state index is 4.39. The van der Waals surface area contributed by atoms with Gasteiger partial charge in [0.2, 0.25) is 0 Å². The first kappa shape index (κ1) is 11.3. The van der Waals surface area contributed by atoms with Crippen LogP contribution in [0.25, 0.3) is 0 Å². The summed E-state index contributed by atoms with van der Waals surface area (Å²) in [6.07, 6.45) is 4.00. The van der Waals surface area contributed by atoms with Crippen LogP contribution in [-0.4, -0.2) is 4.83 Å².